The predicted molar refractivity (Wildman–Crippen MR) is 152 cm³/mol. The topological polar surface area (TPSA) is 62.2 Å². The van der Waals surface area contributed by atoms with Crippen molar-refractivity contribution in [2.45, 2.75) is 71.1 Å². The highest BCUT2D eigenvalue weighted by atomic mass is 14.8. The van der Waals surface area contributed by atoms with E-state index in [1.807, 2.05) is 12.1 Å². The van der Waals surface area contributed by atoms with Crippen LogP contribution in [0.1, 0.15) is 92.5 Å². The van der Waals surface area contributed by atoms with Crippen molar-refractivity contribution in [2.75, 3.05) is 6.54 Å². The predicted octanol–water partition coefficient (Wildman–Crippen LogP) is 7.59. The quantitative estimate of drug-likeness (QED) is 0.295. The van der Waals surface area contributed by atoms with Crippen molar-refractivity contribution in [3.8, 4) is 0 Å². The number of amidine groups is 1. The van der Waals surface area contributed by atoms with Gasteiger partial charge in [-0.2, -0.15) is 0 Å². The minimum atomic E-state index is 0.126. The van der Waals surface area contributed by atoms with Crippen molar-refractivity contribution in [3.05, 3.63) is 82.4 Å². The Morgan fingerprint density at radius 2 is 1.53 bits per heavy atom. The van der Waals surface area contributed by atoms with Gasteiger partial charge < -0.3 is 5.73 Å². The van der Waals surface area contributed by atoms with Crippen LogP contribution in [0.2, 0.25) is 0 Å². The van der Waals surface area contributed by atoms with Crippen LogP contribution in [0.3, 0.4) is 0 Å². The van der Waals surface area contributed by atoms with E-state index in [2.05, 4.69) is 63.2 Å². The van der Waals surface area contributed by atoms with E-state index < -0.39 is 0 Å². The smallest absolute Gasteiger partial charge is 0.122 e. The Morgan fingerprint density at radius 3 is 2.25 bits per heavy atom. The molecule has 1 aliphatic heterocycles. The van der Waals surface area contributed by atoms with Gasteiger partial charge in [-0.15, -0.1) is 0 Å². The van der Waals surface area contributed by atoms with Crippen LogP contribution in [-0.4, -0.2) is 18.1 Å². The number of nitrogens with two attached hydrogens (primary N) is 1. The molecule has 6 rings (SSSR count). The number of hydrogen-bond acceptors (Lipinski definition) is 2. The summed E-state index contributed by atoms with van der Waals surface area (Å²) in [4.78, 5) is 5.13. The van der Waals surface area contributed by atoms with Crippen LogP contribution >= 0.6 is 0 Å². The van der Waals surface area contributed by atoms with Gasteiger partial charge in [0, 0.05) is 23.7 Å². The number of aliphatic imine (C=N–C) groups is 1. The lowest BCUT2D eigenvalue weighted by Gasteiger charge is -2.38. The van der Waals surface area contributed by atoms with Gasteiger partial charge in [-0.1, -0.05) is 63.2 Å². The summed E-state index contributed by atoms with van der Waals surface area (Å²) in [5.74, 6) is 2.79. The third-order valence-electron chi connectivity index (χ3n) is 9.23. The van der Waals surface area contributed by atoms with Crippen LogP contribution in [-0.2, 0) is 6.42 Å². The first-order chi connectivity index (χ1) is 17.3. The van der Waals surface area contributed by atoms with E-state index in [9.17, 15) is 0 Å². The molecule has 3 heteroatoms. The Bertz CT molecular complexity index is 1350. The lowest BCUT2D eigenvalue weighted by atomic mass is 9.68. The Balaban J connectivity index is 1.21. The van der Waals surface area contributed by atoms with Gasteiger partial charge in [0.1, 0.15) is 5.84 Å². The van der Waals surface area contributed by atoms with E-state index in [0.29, 0.717) is 23.2 Å². The Labute approximate surface area is 215 Å². The number of nitrogen functional groups attached to an aromatic ring is 1. The molecule has 36 heavy (non-hydrogen) atoms. The zero-order valence-corrected chi connectivity index (χ0v) is 22.0. The van der Waals surface area contributed by atoms with E-state index in [0.717, 1.165) is 29.8 Å². The second kappa shape index (κ2) is 8.87. The molecule has 0 saturated heterocycles. The van der Waals surface area contributed by atoms with E-state index in [-0.39, 0.29) is 5.84 Å². The molecular weight excluding hydrogens is 438 g/mol. The van der Waals surface area contributed by atoms with Crippen molar-refractivity contribution < 1.29 is 0 Å². The van der Waals surface area contributed by atoms with Crippen LogP contribution < -0.4 is 5.73 Å². The SMILES string of the molecule is CC(C)(C)C1CCC(C2=NCCc3ccc([C@H]4CC4c4ccc5cc(C(=N)N)ccc5c4)cc32)CC1. The average molecular weight is 478 g/mol. The molecule has 0 amide bonds. The van der Waals surface area contributed by atoms with Crippen molar-refractivity contribution >= 4 is 22.3 Å². The fourth-order valence-electron chi connectivity index (χ4n) is 6.84. The van der Waals surface area contributed by atoms with Gasteiger partial charge >= 0.3 is 0 Å². The minimum absolute atomic E-state index is 0.126. The van der Waals surface area contributed by atoms with Crippen molar-refractivity contribution in [3.63, 3.8) is 0 Å². The van der Waals surface area contributed by atoms with Crippen molar-refractivity contribution in [1.29, 1.82) is 5.41 Å². The first-order valence-corrected chi connectivity index (χ1v) is 13.8. The van der Waals surface area contributed by atoms with Gasteiger partial charge in [0.2, 0.25) is 0 Å². The standard InChI is InChI=1S/C33H39N3/c1-33(2,3)27-12-10-21(11-13-27)31-30-18-25(7-4-20(30)14-15-36-31)29-19-28(29)24-8-5-23-17-26(32(34)35)9-6-22(23)16-24/h4-9,16-18,21,27-29H,10-15,19H2,1-3H3,(H3,34,35)/t21?,27?,28?,29-/m1/s1. The lowest BCUT2D eigenvalue weighted by molar-refractivity contribution is 0.167. The zero-order valence-electron chi connectivity index (χ0n) is 22.0. The van der Waals surface area contributed by atoms with Gasteiger partial charge in [0.15, 0.2) is 0 Å². The number of rotatable bonds is 4. The van der Waals surface area contributed by atoms with E-state index >= 15 is 0 Å². The summed E-state index contributed by atoms with van der Waals surface area (Å²) in [5, 5.41) is 10.1. The van der Waals surface area contributed by atoms with Crippen LogP contribution in [0, 0.1) is 22.7 Å². The highest BCUT2D eigenvalue weighted by molar-refractivity contribution is 6.04. The molecule has 0 spiro atoms. The molecule has 0 bridgehead atoms. The number of benzene rings is 3. The molecule has 3 aromatic rings. The molecule has 2 atom stereocenters. The maximum absolute atomic E-state index is 7.70. The summed E-state index contributed by atoms with van der Waals surface area (Å²) < 4.78 is 0. The van der Waals surface area contributed by atoms with E-state index in [1.54, 1.807) is 0 Å². The molecule has 3 nitrogen and oxygen atoms in total. The molecule has 186 valence electrons. The molecule has 3 N–H and O–H groups in total. The molecule has 3 aromatic carbocycles. The summed E-state index contributed by atoms with van der Waals surface area (Å²) in [6, 6.07) is 20.2. The lowest BCUT2D eigenvalue weighted by Crippen LogP contribution is -2.30. The molecule has 1 heterocycles. The van der Waals surface area contributed by atoms with E-state index in [1.165, 1.54) is 65.5 Å². The largest absolute Gasteiger partial charge is 0.384 e. The van der Waals surface area contributed by atoms with Crippen molar-refractivity contribution in [1.82, 2.24) is 0 Å². The maximum atomic E-state index is 7.70. The second-order valence-corrected chi connectivity index (χ2v) is 12.5. The van der Waals surface area contributed by atoms with Gasteiger partial charge in [-0.3, -0.25) is 10.4 Å². The highest BCUT2D eigenvalue weighted by Gasteiger charge is 2.40. The Hall–Kier alpha value is -2.94. The number of nitrogens with zero attached hydrogens (tertiary/aromatic N) is 1. The Morgan fingerprint density at radius 1 is 0.861 bits per heavy atom. The summed E-state index contributed by atoms with van der Waals surface area (Å²) in [5.41, 5.74) is 14.2. The highest BCUT2D eigenvalue weighted by Crippen LogP contribution is 2.55. The van der Waals surface area contributed by atoms with Gasteiger partial charge in [-0.05, 0) is 107 Å². The molecule has 1 unspecified atom stereocenters. The van der Waals surface area contributed by atoms with Crippen LogP contribution in [0.5, 0.6) is 0 Å². The number of hydrogen-bond donors (Lipinski definition) is 2. The molecule has 2 fully saturated rings. The monoisotopic (exact) mass is 477 g/mol. The van der Waals surface area contributed by atoms with Crippen LogP contribution in [0.15, 0.2) is 59.6 Å². The molecular formula is C33H39N3. The summed E-state index contributed by atoms with van der Waals surface area (Å²) in [6.07, 6.45) is 7.56. The third kappa shape index (κ3) is 4.38. The molecule has 2 aliphatic carbocycles. The summed E-state index contributed by atoms with van der Waals surface area (Å²) >= 11 is 0. The van der Waals surface area contributed by atoms with E-state index in [4.69, 9.17) is 16.1 Å². The maximum Gasteiger partial charge on any atom is 0.122 e. The Kier molecular flexibility index (Phi) is 5.78. The molecule has 0 aromatic heterocycles. The van der Waals surface area contributed by atoms with Gasteiger partial charge in [0.05, 0.1) is 0 Å². The fraction of sp³-hybridized carbons (Fsp3) is 0.455. The van der Waals surface area contributed by atoms with Crippen molar-refractivity contribution in [2.24, 2.45) is 28.0 Å². The fourth-order valence-corrected chi connectivity index (χ4v) is 6.84. The zero-order chi connectivity index (χ0) is 25.0. The van der Waals surface area contributed by atoms with Crippen LogP contribution in [0.4, 0.5) is 0 Å². The first-order valence-electron chi connectivity index (χ1n) is 13.8. The van der Waals surface area contributed by atoms with Gasteiger partial charge in [0.25, 0.3) is 0 Å². The molecule has 0 radical (unpaired) electrons. The number of fused-ring (bicyclic) bond motifs is 2. The first kappa shape index (κ1) is 23.5. The average Bonchev–Trinajstić information content (AvgIpc) is 3.68. The third-order valence-corrected chi connectivity index (χ3v) is 9.23. The van der Waals surface area contributed by atoms with Gasteiger partial charge in [-0.25, -0.2) is 0 Å². The number of nitrogens with one attached hydrogen (secondary N) is 1. The minimum Gasteiger partial charge on any atom is -0.384 e. The summed E-state index contributed by atoms with van der Waals surface area (Å²) in [6.45, 7) is 8.17. The molecule has 3 aliphatic rings. The normalized spacial score (nSPS) is 25.8. The second-order valence-electron chi connectivity index (χ2n) is 12.5. The molecule has 2 saturated carbocycles. The summed E-state index contributed by atoms with van der Waals surface area (Å²) in [7, 11) is 0. The van der Waals surface area contributed by atoms with Crippen LogP contribution in [0.25, 0.3) is 10.8 Å².